The Labute approximate surface area is 335 Å². The Bertz CT molecular complexity index is 1350. The van der Waals surface area contributed by atoms with Crippen LogP contribution in [0.2, 0.25) is 0 Å². The third-order valence-corrected chi connectivity index (χ3v) is 5.12. The zero-order valence-electron chi connectivity index (χ0n) is 28.3. The number of methoxy groups -OCH3 is 2. The van der Waals surface area contributed by atoms with Crippen molar-refractivity contribution in [3.63, 3.8) is 0 Å². The third kappa shape index (κ3) is 31.7. The molecule has 2 aromatic carbocycles. The van der Waals surface area contributed by atoms with Crippen molar-refractivity contribution >= 4 is 48.1 Å². The van der Waals surface area contributed by atoms with E-state index in [1.54, 1.807) is 12.1 Å². The van der Waals surface area contributed by atoms with Crippen LogP contribution in [-0.2, 0) is 80.0 Å². The maximum atomic E-state index is 11.8. The second-order valence-corrected chi connectivity index (χ2v) is 8.98. The van der Waals surface area contributed by atoms with Crippen LogP contribution in [0.1, 0.15) is 50.7 Å². The second-order valence-electron chi connectivity index (χ2n) is 8.98. The predicted octanol–water partition coefficient (Wildman–Crippen LogP) is -7.00. The number of primary amides is 2. The molecule has 0 aliphatic carbocycles. The zero-order chi connectivity index (χ0) is 37.4. The van der Waals surface area contributed by atoms with Gasteiger partial charge >= 0.3 is 51.2 Å². The molecule has 0 heterocycles. The van der Waals surface area contributed by atoms with Crippen LogP contribution in [0.25, 0.3) is 0 Å². The van der Waals surface area contributed by atoms with Gasteiger partial charge in [-0.3, -0.25) is 19.6 Å². The van der Waals surface area contributed by atoms with Crippen molar-refractivity contribution in [3.05, 3.63) is 47.5 Å². The van der Waals surface area contributed by atoms with Crippen molar-refractivity contribution in [1.82, 2.24) is 0 Å². The van der Waals surface area contributed by atoms with Gasteiger partial charge in [0.1, 0.15) is 11.5 Å². The average molecular weight is 901 g/mol. The molecule has 0 aromatic heterocycles. The Hall–Kier alpha value is -4.72. The van der Waals surface area contributed by atoms with Crippen LogP contribution < -0.4 is 51.6 Å². The number of carbonyl (C=O) groups is 6. The van der Waals surface area contributed by atoms with Gasteiger partial charge in [0.15, 0.2) is 0 Å². The molecular weight excluding hydrogens is 863 g/mol. The normalized spacial score (nSPS) is 10.2. The number of aliphatic imine (C=N–C) groups is 2. The van der Waals surface area contributed by atoms with Crippen molar-refractivity contribution < 1.29 is 131 Å². The summed E-state index contributed by atoms with van der Waals surface area (Å²) in [6.45, 7) is 1.94. The SMILES string of the molecule is CC(=O)[O-].CC(=O)[O-].COc1cccc(C=NC(CCC(N)=O)C(=O)[O-])c1[O-].COc1cccc(C=NC(CCC(N)=O)C(=O)[O-])c1[O-].O.O.[Cu+2].[Cu+2].[Cu+2]. The van der Waals surface area contributed by atoms with E-state index in [9.17, 15) is 39.6 Å². The van der Waals surface area contributed by atoms with E-state index >= 15 is 0 Å². The minimum atomic E-state index is -1.43. The Morgan fingerprint density at radius 1 is 0.642 bits per heavy atom. The molecule has 0 spiro atoms. The molecule has 23 heteroatoms. The van der Waals surface area contributed by atoms with Crippen LogP contribution in [-0.4, -0.2) is 85.4 Å². The van der Waals surface area contributed by atoms with E-state index in [4.69, 9.17) is 40.7 Å². The van der Waals surface area contributed by atoms with E-state index in [1.165, 1.54) is 38.5 Å². The Kier molecular flexibility index (Phi) is 42.6. The number of carboxylic acid groups (broad SMARTS) is 4. The Morgan fingerprint density at radius 3 is 1.11 bits per heavy atom. The zero-order valence-corrected chi connectivity index (χ0v) is 31.1. The molecule has 3 radical (unpaired) electrons. The number of nitrogens with two attached hydrogens (primary N) is 2. The summed E-state index contributed by atoms with van der Waals surface area (Å²) in [4.78, 5) is 68.3. The number of rotatable bonds is 14. The van der Waals surface area contributed by atoms with E-state index in [0.717, 1.165) is 26.3 Å². The summed E-state index contributed by atoms with van der Waals surface area (Å²) in [6, 6.07) is 6.65. The summed E-state index contributed by atoms with van der Waals surface area (Å²) in [6.07, 6.45) is 1.86. The predicted molar refractivity (Wildman–Crippen MR) is 163 cm³/mol. The summed E-state index contributed by atoms with van der Waals surface area (Å²) in [5.41, 5.74) is 10.3. The molecule has 307 valence electrons. The van der Waals surface area contributed by atoms with Crippen molar-refractivity contribution in [3.8, 4) is 23.0 Å². The number of hydrogen-bond acceptors (Lipinski definition) is 16. The van der Waals surface area contributed by atoms with E-state index in [2.05, 4.69) is 9.98 Å². The summed E-state index contributed by atoms with van der Waals surface area (Å²) >= 11 is 0. The fourth-order valence-electron chi connectivity index (χ4n) is 3.00. The molecule has 0 saturated carbocycles. The number of amides is 2. The minimum Gasteiger partial charge on any atom is -0.870 e. The quantitative estimate of drug-likeness (QED) is 0.132. The van der Waals surface area contributed by atoms with Gasteiger partial charge in [-0.05, 0) is 49.9 Å². The maximum absolute atomic E-state index is 11.8. The topological polar surface area (TPSA) is 399 Å². The van der Waals surface area contributed by atoms with Crippen molar-refractivity contribution in [2.45, 2.75) is 51.6 Å². The van der Waals surface area contributed by atoms with E-state index in [0.29, 0.717) is 0 Å². The van der Waals surface area contributed by atoms with Gasteiger partial charge in [-0.1, -0.05) is 35.8 Å². The largest absolute Gasteiger partial charge is 2.00 e. The fourth-order valence-corrected chi connectivity index (χ4v) is 3.00. The molecule has 20 nitrogen and oxygen atoms in total. The number of ether oxygens (including phenoxy) is 2. The van der Waals surface area contributed by atoms with Gasteiger partial charge in [-0.25, -0.2) is 0 Å². The summed E-state index contributed by atoms with van der Waals surface area (Å²) < 4.78 is 9.71. The number of benzene rings is 2. The van der Waals surface area contributed by atoms with Crippen LogP contribution in [0.3, 0.4) is 0 Å². The molecule has 2 amide bonds. The number of aliphatic carboxylic acids is 4. The Morgan fingerprint density at radius 2 is 0.906 bits per heavy atom. The standard InChI is InChI=1S/2C13H16N2O5.2C2H4O2.3Cu.2H2O/c2*1-20-10-4-2-3-8(12(10)17)7-15-9(13(18)19)5-6-11(14)16;2*1-2(3)4;;;;;/h2*2-4,7,9,17H,5-6H2,1H3,(H2,14,16)(H,18,19);2*1H3,(H,3,4);;;;2*1H2/q;;;;3*+2;;/p-6. The van der Waals surface area contributed by atoms with Crippen molar-refractivity contribution in [2.75, 3.05) is 14.2 Å². The molecule has 0 aliphatic rings. The number of nitrogens with zero attached hydrogens (tertiary/aromatic N) is 2. The molecule has 53 heavy (non-hydrogen) atoms. The molecule has 8 N–H and O–H groups in total. The smallest absolute Gasteiger partial charge is 0.870 e. The van der Waals surface area contributed by atoms with Crippen molar-refractivity contribution in [1.29, 1.82) is 0 Å². The summed E-state index contributed by atoms with van der Waals surface area (Å²) in [7, 11) is 2.71. The fraction of sp³-hybridized carbons (Fsp3) is 0.333. The van der Waals surface area contributed by atoms with Gasteiger partial charge in [-0.2, -0.15) is 0 Å². The third-order valence-electron chi connectivity index (χ3n) is 5.12. The molecule has 0 fully saturated rings. The Balaban J connectivity index is -0.000000123. The number of carboxylic acids is 4. The molecule has 2 atom stereocenters. The van der Waals surface area contributed by atoms with Gasteiger partial charge in [0.2, 0.25) is 11.8 Å². The number of para-hydroxylation sites is 2. The van der Waals surface area contributed by atoms with Gasteiger partial charge in [-0.15, -0.1) is 0 Å². The maximum Gasteiger partial charge on any atom is 2.00 e. The van der Waals surface area contributed by atoms with Gasteiger partial charge in [0, 0.05) is 37.2 Å². The first kappa shape index (κ1) is 63.3. The molecular formula is C30H38Cu3N4O16. The van der Waals surface area contributed by atoms with Gasteiger partial charge in [0.25, 0.3) is 0 Å². The van der Waals surface area contributed by atoms with Crippen LogP contribution in [0, 0.1) is 0 Å². The first-order valence-corrected chi connectivity index (χ1v) is 13.5. The number of hydrogen-bond donors (Lipinski definition) is 2. The first-order chi connectivity index (χ1) is 22.4. The van der Waals surface area contributed by atoms with E-state index in [1.807, 2.05) is 0 Å². The van der Waals surface area contributed by atoms with Crippen LogP contribution in [0.4, 0.5) is 0 Å². The molecule has 2 unspecified atom stereocenters. The average Bonchev–Trinajstić information content (AvgIpc) is 2.97. The summed E-state index contributed by atoms with van der Waals surface area (Å²) in [5, 5.41) is 63.1. The van der Waals surface area contributed by atoms with Crippen LogP contribution >= 0.6 is 0 Å². The van der Waals surface area contributed by atoms with Crippen LogP contribution in [0.5, 0.6) is 23.0 Å². The first-order valence-electron chi connectivity index (χ1n) is 13.5. The second kappa shape index (κ2) is 35.7. The van der Waals surface area contributed by atoms with Crippen LogP contribution in [0.15, 0.2) is 46.4 Å². The van der Waals surface area contributed by atoms with E-state index < -0.39 is 59.3 Å². The summed E-state index contributed by atoms with van der Waals surface area (Å²) in [5.74, 6) is -6.81. The molecule has 0 aliphatic heterocycles. The minimum absolute atomic E-state index is 0. The van der Waals surface area contributed by atoms with Crippen molar-refractivity contribution in [2.24, 2.45) is 21.5 Å². The van der Waals surface area contributed by atoms with Gasteiger partial charge in [0.05, 0.1) is 38.2 Å². The number of carbonyl (C=O) groups excluding carboxylic acids is 6. The molecule has 2 aromatic rings. The molecule has 0 saturated heterocycles. The van der Waals surface area contributed by atoms with Gasteiger partial charge < -0.3 is 81.7 Å². The monoisotopic (exact) mass is 899 g/mol. The molecule has 2 rings (SSSR count). The van der Waals surface area contributed by atoms with E-state index in [-0.39, 0.29) is 110 Å². The molecule has 0 bridgehead atoms.